The minimum atomic E-state index is 0.777. The van der Waals surface area contributed by atoms with Crippen LogP contribution in [0, 0.1) is 0 Å². The van der Waals surface area contributed by atoms with E-state index in [1.165, 1.54) is 18.4 Å². The van der Waals surface area contributed by atoms with E-state index < -0.39 is 0 Å². The molecule has 0 fully saturated rings. The van der Waals surface area contributed by atoms with Gasteiger partial charge in [0.1, 0.15) is 0 Å². The minimum absolute atomic E-state index is 0.777. The highest BCUT2D eigenvalue weighted by atomic mass is 14.8. The number of fused-ring (bicyclic) bond motifs is 1. The van der Waals surface area contributed by atoms with E-state index in [-0.39, 0.29) is 0 Å². The summed E-state index contributed by atoms with van der Waals surface area (Å²) in [5.74, 6) is 0.777. The molecule has 1 atom stereocenters. The quantitative estimate of drug-likeness (QED) is 0.770. The Balaban J connectivity index is 2.17. The Labute approximate surface area is 86.5 Å². The molecule has 1 unspecified atom stereocenters. The van der Waals surface area contributed by atoms with Crippen LogP contribution >= 0.6 is 0 Å². The Kier molecular flexibility index (Phi) is 2.87. The largest absolute Gasteiger partial charge is 0.319 e. The molecule has 0 aliphatic heterocycles. The smallest absolute Gasteiger partial charge is 0.00114 e. The van der Waals surface area contributed by atoms with Crippen LogP contribution in [0.15, 0.2) is 18.2 Å². The molecule has 1 aromatic carbocycles. The van der Waals surface area contributed by atoms with Crippen molar-refractivity contribution >= 4 is 0 Å². The van der Waals surface area contributed by atoms with Crippen molar-refractivity contribution in [1.82, 2.24) is 5.32 Å². The van der Waals surface area contributed by atoms with Gasteiger partial charge in [-0.3, -0.25) is 0 Å². The average molecular weight is 189 g/mol. The molecule has 76 valence electrons. The van der Waals surface area contributed by atoms with E-state index >= 15 is 0 Å². The average Bonchev–Trinajstić information content (AvgIpc) is 2.57. The number of hydrogen-bond acceptors (Lipinski definition) is 1. The lowest BCUT2D eigenvalue weighted by molar-refractivity contribution is 0.745. The van der Waals surface area contributed by atoms with Crippen molar-refractivity contribution in [3.05, 3.63) is 34.9 Å². The SMILES string of the molecule is CNCCc1ccc2c(c1)C(C)CC2. The van der Waals surface area contributed by atoms with Crippen LogP contribution in [0.3, 0.4) is 0 Å². The predicted octanol–water partition coefficient (Wildman–Crippen LogP) is 2.50. The van der Waals surface area contributed by atoms with Gasteiger partial charge in [-0.2, -0.15) is 0 Å². The normalized spacial score (nSPS) is 19.7. The fourth-order valence-corrected chi connectivity index (χ4v) is 2.28. The van der Waals surface area contributed by atoms with E-state index in [1.54, 1.807) is 11.1 Å². The summed E-state index contributed by atoms with van der Waals surface area (Å²) < 4.78 is 0. The molecular weight excluding hydrogens is 170 g/mol. The van der Waals surface area contributed by atoms with E-state index in [4.69, 9.17) is 0 Å². The fraction of sp³-hybridized carbons (Fsp3) is 0.538. The van der Waals surface area contributed by atoms with Crippen LogP contribution in [-0.4, -0.2) is 13.6 Å². The standard InChI is InChI=1S/C13H19N/c1-10-3-5-12-6-4-11(7-8-14-2)9-13(10)12/h4,6,9-10,14H,3,5,7-8H2,1-2H3. The van der Waals surface area contributed by atoms with Gasteiger partial charge in [-0.05, 0) is 55.5 Å². The van der Waals surface area contributed by atoms with Crippen LogP contribution < -0.4 is 5.32 Å². The summed E-state index contributed by atoms with van der Waals surface area (Å²) in [5, 5.41) is 3.20. The molecule has 1 aliphatic carbocycles. The molecule has 14 heavy (non-hydrogen) atoms. The molecule has 0 heterocycles. The van der Waals surface area contributed by atoms with E-state index in [1.807, 2.05) is 7.05 Å². The number of hydrogen-bond donors (Lipinski definition) is 1. The number of likely N-dealkylation sites (N-methyl/N-ethyl adjacent to an activating group) is 1. The summed E-state index contributed by atoms with van der Waals surface area (Å²) in [4.78, 5) is 0. The first-order chi connectivity index (χ1) is 6.81. The van der Waals surface area contributed by atoms with Gasteiger partial charge < -0.3 is 5.32 Å². The van der Waals surface area contributed by atoms with Crippen LogP contribution in [0.4, 0.5) is 0 Å². The number of aryl methyl sites for hydroxylation is 1. The second-order valence-corrected chi connectivity index (χ2v) is 4.33. The molecule has 0 saturated heterocycles. The fourth-order valence-electron chi connectivity index (χ4n) is 2.28. The molecule has 1 aliphatic rings. The molecule has 1 N–H and O–H groups in total. The first kappa shape index (κ1) is 9.72. The van der Waals surface area contributed by atoms with Crippen LogP contribution in [-0.2, 0) is 12.8 Å². The van der Waals surface area contributed by atoms with E-state index in [0.717, 1.165) is 18.9 Å². The molecule has 0 bridgehead atoms. The maximum Gasteiger partial charge on any atom is -0.00114 e. The van der Waals surface area contributed by atoms with Gasteiger partial charge in [0.05, 0.1) is 0 Å². The Morgan fingerprint density at radius 3 is 3.07 bits per heavy atom. The molecule has 2 rings (SSSR count). The van der Waals surface area contributed by atoms with Gasteiger partial charge in [0.2, 0.25) is 0 Å². The third-order valence-corrected chi connectivity index (χ3v) is 3.25. The predicted molar refractivity (Wildman–Crippen MR) is 60.8 cm³/mol. The third kappa shape index (κ3) is 1.83. The molecular formula is C13H19N. The Morgan fingerprint density at radius 1 is 1.43 bits per heavy atom. The first-order valence-corrected chi connectivity index (χ1v) is 5.57. The monoisotopic (exact) mass is 189 g/mol. The molecule has 1 nitrogen and oxygen atoms in total. The highest BCUT2D eigenvalue weighted by molar-refractivity contribution is 5.38. The summed E-state index contributed by atoms with van der Waals surface area (Å²) in [6.45, 7) is 3.42. The molecule has 1 aromatic rings. The summed E-state index contributed by atoms with van der Waals surface area (Å²) in [7, 11) is 2.01. The Bertz CT molecular complexity index is 317. The molecule has 0 aromatic heterocycles. The lowest BCUT2D eigenvalue weighted by atomic mass is 9.99. The van der Waals surface area contributed by atoms with Crippen molar-refractivity contribution in [1.29, 1.82) is 0 Å². The maximum atomic E-state index is 3.20. The zero-order valence-electron chi connectivity index (χ0n) is 9.14. The first-order valence-electron chi connectivity index (χ1n) is 5.57. The van der Waals surface area contributed by atoms with Crippen molar-refractivity contribution in [2.45, 2.75) is 32.1 Å². The van der Waals surface area contributed by atoms with Gasteiger partial charge >= 0.3 is 0 Å². The van der Waals surface area contributed by atoms with Crippen molar-refractivity contribution in [3.63, 3.8) is 0 Å². The van der Waals surface area contributed by atoms with Crippen LogP contribution in [0.25, 0.3) is 0 Å². The van der Waals surface area contributed by atoms with E-state index in [0.29, 0.717) is 0 Å². The summed E-state index contributed by atoms with van der Waals surface area (Å²) >= 11 is 0. The van der Waals surface area contributed by atoms with Crippen LogP contribution in [0.1, 0.15) is 36.0 Å². The van der Waals surface area contributed by atoms with Gasteiger partial charge in [0.15, 0.2) is 0 Å². The maximum absolute atomic E-state index is 3.20. The number of nitrogens with one attached hydrogen (secondary N) is 1. The number of benzene rings is 1. The van der Waals surface area contributed by atoms with Crippen molar-refractivity contribution in [2.24, 2.45) is 0 Å². The second-order valence-electron chi connectivity index (χ2n) is 4.33. The van der Waals surface area contributed by atoms with Gasteiger partial charge in [0, 0.05) is 0 Å². The molecule has 0 spiro atoms. The van der Waals surface area contributed by atoms with E-state index in [9.17, 15) is 0 Å². The van der Waals surface area contributed by atoms with Crippen molar-refractivity contribution < 1.29 is 0 Å². The molecule has 0 radical (unpaired) electrons. The van der Waals surface area contributed by atoms with Gasteiger partial charge in [-0.15, -0.1) is 0 Å². The van der Waals surface area contributed by atoms with Gasteiger partial charge in [0.25, 0.3) is 0 Å². The Morgan fingerprint density at radius 2 is 2.29 bits per heavy atom. The van der Waals surface area contributed by atoms with Crippen LogP contribution in [0.2, 0.25) is 0 Å². The van der Waals surface area contributed by atoms with Gasteiger partial charge in [-0.1, -0.05) is 25.1 Å². The highest BCUT2D eigenvalue weighted by Gasteiger charge is 2.17. The molecule has 1 heteroatoms. The number of rotatable bonds is 3. The minimum Gasteiger partial charge on any atom is -0.319 e. The van der Waals surface area contributed by atoms with E-state index in [2.05, 4.69) is 30.4 Å². The zero-order valence-corrected chi connectivity index (χ0v) is 9.14. The summed E-state index contributed by atoms with van der Waals surface area (Å²) in [6.07, 6.45) is 3.77. The van der Waals surface area contributed by atoms with Crippen molar-refractivity contribution in [3.8, 4) is 0 Å². The summed E-state index contributed by atoms with van der Waals surface area (Å²) in [5.41, 5.74) is 4.65. The zero-order chi connectivity index (χ0) is 9.97. The topological polar surface area (TPSA) is 12.0 Å². The third-order valence-electron chi connectivity index (χ3n) is 3.25. The molecule has 0 amide bonds. The van der Waals surface area contributed by atoms with Crippen LogP contribution in [0.5, 0.6) is 0 Å². The highest BCUT2D eigenvalue weighted by Crippen LogP contribution is 2.32. The second kappa shape index (κ2) is 4.14. The lowest BCUT2D eigenvalue weighted by Gasteiger charge is -2.07. The molecule has 0 saturated carbocycles. The van der Waals surface area contributed by atoms with Crippen molar-refractivity contribution in [2.75, 3.05) is 13.6 Å². The Hall–Kier alpha value is -0.820. The van der Waals surface area contributed by atoms with Gasteiger partial charge in [-0.25, -0.2) is 0 Å². The lowest BCUT2D eigenvalue weighted by Crippen LogP contribution is -2.10. The summed E-state index contributed by atoms with van der Waals surface area (Å²) in [6, 6.07) is 7.02.